The van der Waals surface area contributed by atoms with Crippen LogP contribution in [0.25, 0.3) is 0 Å². The first-order valence-corrected chi connectivity index (χ1v) is 7.87. The second kappa shape index (κ2) is 6.97. The van der Waals surface area contributed by atoms with Crippen LogP contribution in [0.3, 0.4) is 0 Å². The lowest BCUT2D eigenvalue weighted by molar-refractivity contribution is 0.0344. The van der Waals surface area contributed by atoms with E-state index in [1.807, 2.05) is 12.1 Å². The van der Waals surface area contributed by atoms with E-state index < -0.39 is 5.91 Å². The number of hydrogen-bond acceptors (Lipinski definition) is 5. The van der Waals surface area contributed by atoms with Gasteiger partial charge in [0, 0.05) is 43.1 Å². The first-order chi connectivity index (χ1) is 10.8. The number of fused-ring (bicyclic) bond motifs is 1. The SMILES string of the molecule is CO[C@H]1Cc2ccc(C(N)=O)cc2C(C)(C)[C@@H]1NC[C@@H](N)CO. The van der Waals surface area contributed by atoms with Crippen LogP contribution in [0.5, 0.6) is 0 Å². The molecule has 0 spiro atoms. The number of aliphatic hydroxyl groups is 1. The lowest BCUT2D eigenvalue weighted by Crippen LogP contribution is -2.58. The van der Waals surface area contributed by atoms with Gasteiger partial charge in [-0.1, -0.05) is 19.9 Å². The van der Waals surface area contributed by atoms with E-state index in [4.69, 9.17) is 21.3 Å². The maximum atomic E-state index is 11.5. The van der Waals surface area contributed by atoms with E-state index in [1.54, 1.807) is 13.2 Å². The number of carbonyl (C=O) groups is 1. The molecule has 0 fully saturated rings. The zero-order valence-electron chi connectivity index (χ0n) is 14.0. The van der Waals surface area contributed by atoms with Crippen molar-refractivity contribution < 1.29 is 14.6 Å². The average Bonchev–Trinajstić information content (AvgIpc) is 2.52. The smallest absolute Gasteiger partial charge is 0.248 e. The largest absolute Gasteiger partial charge is 0.395 e. The summed E-state index contributed by atoms with van der Waals surface area (Å²) in [5, 5.41) is 12.6. The van der Waals surface area contributed by atoms with Crippen LogP contribution in [0.4, 0.5) is 0 Å². The molecule has 1 aliphatic rings. The number of amides is 1. The fourth-order valence-electron chi connectivity index (χ4n) is 3.42. The average molecular weight is 321 g/mol. The van der Waals surface area contributed by atoms with E-state index in [0.717, 1.165) is 17.5 Å². The molecule has 0 saturated heterocycles. The highest BCUT2D eigenvalue weighted by Gasteiger charge is 2.42. The summed E-state index contributed by atoms with van der Waals surface area (Å²) < 4.78 is 5.68. The molecule has 6 nitrogen and oxygen atoms in total. The van der Waals surface area contributed by atoms with Gasteiger partial charge >= 0.3 is 0 Å². The molecule has 1 amide bonds. The maximum absolute atomic E-state index is 11.5. The Balaban J connectivity index is 2.36. The number of benzene rings is 1. The number of carbonyl (C=O) groups excluding carboxylic acids is 1. The molecule has 0 radical (unpaired) electrons. The highest BCUT2D eigenvalue weighted by molar-refractivity contribution is 5.93. The highest BCUT2D eigenvalue weighted by atomic mass is 16.5. The molecular weight excluding hydrogens is 294 g/mol. The molecule has 1 aromatic rings. The van der Waals surface area contributed by atoms with Crippen LogP contribution in [-0.4, -0.2) is 49.5 Å². The van der Waals surface area contributed by atoms with E-state index >= 15 is 0 Å². The Morgan fingerprint density at radius 2 is 2.22 bits per heavy atom. The van der Waals surface area contributed by atoms with Crippen molar-refractivity contribution >= 4 is 5.91 Å². The van der Waals surface area contributed by atoms with Gasteiger partial charge in [0.2, 0.25) is 5.91 Å². The summed E-state index contributed by atoms with van der Waals surface area (Å²) in [7, 11) is 1.70. The molecule has 1 aliphatic carbocycles. The Bertz CT molecular complexity index is 574. The molecule has 3 atom stereocenters. The molecule has 23 heavy (non-hydrogen) atoms. The quantitative estimate of drug-likeness (QED) is 0.585. The van der Waals surface area contributed by atoms with Crippen molar-refractivity contribution in [2.45, 2.75) is 43.9 Å². The third-order valence-electron chi connectivity index (χ3n) is 4.80. The zero-order valence-corrected chi connectivity index (χ0v) is 14.0. The van der Waals surface area contributed by atoms with Crippen LogP contribution in [0.15, 0.2) is 18.2 Å². The van der Waals surface area contributed by atoms with Gasteiger partial charge in [-0.15, -0.1) is 0 Å². The van der Waals surface area contributed by atoms with Gasteiger partial charge in [-0.25, -0.2) is 0 Å². The van der Waals surface area contributed by atoms with Crippen molar-refractivity contribution in [3.05, 3.63) is 34.9 Å². The van der Waals surface area contributed by atoms with Crippen LogP contribution >= 0.6 is 0 Å². The van der Waals surface area contributed by atoms with Gasteiger partial charge in [0.1, 0.15) is 0 Å². The molecule has 2 rings (SSSR count). The summed E-state index contributed by atoms with van der Waals surface area (Å²) in [6, 6.07) is 5.30. The van der Waals surface area contributed by atoms with Crippen molar-refractivity contribution in [1.82, 2.24) is 5.32 Å². The fraction of sp³-hybridized carbons (Fsp3) is 0.588. The van der Waals surface area contributed by atoms with E-state index in [-0.39, 0.29) is 30.2 Å². The summed E-state index contributed by atoms with van der Waals surface area (Å²) in [4.78, 5) is 11.5. The van der Waals surface area contributed by atoms with Crippen LogP contribution < -0.4 is 16.8 Å². The number of rotatable bonds is 6. The second-order valence-electron chi connectivity index (χ2n) is 6.76. The molecule has 0 aliphatic heterocycles. The number of hydrogen-bond donors (Lipinski definition) is 4. The third-order valence-corrected chi connectivity index (χ3v) is 4.80. The first kappa shape index (κ1) is 17.9. The van der Waals surface area contributed by atoms with Crippen molar-refractivity contribution in [3.8, 4) is 0 Å². The maximum Gasteiger partial charge on any atom is 0.248 e. The topological polar surface area (TPSA) is 111 Å². The zero-order chi connectivity index (χ0) is 17.2. The first-order valence-electron chi connectivity index (χ1n) is 7.87. The van der Waals surface area contributed by atoms with Crippen molar-refractivity contribution in [3.63, 3.8) is 0 Å². The minimum atomic E-state index is -0.427. The number of nitrogens with one attached hydrogen (secondary N) is 1. The normalized spacial score (nSPS) is 24.0. The van der Waals surface area contributed by atoms with Gasteiger partial charge in [-0.05, 0) is 23.3 Å². The Morgan fingerprint density at radius 1 is 1.52 bits per heavy atom. The molecule has 0 unspecified atom stereocenters. The number of aliphatic hydroxyl groups excluding tert-OH is 1. The summed E-state index contributed by atoms with van der Waals surface area (Å²) in [6.07, 6.45) is 0.739. The third kappa shape index (κ3) is 3.55. The highest BCUT2D eigenvalue weighted by Crippen LogP contribution is 2.38. The molecule has 0 bridgehead atoms. The molecule has 6 N–H and O–H groups in total. The Hall–Kier alpha value is -1.47. The molecule has 128 valence electrons. The van der Waals surface area contributed by atoms with E-state index in [9.17, 15) is 4.79 Å². The van der Waals surface area contributed by atoms with E-state index in [2.05, 4.69) is 19.2 Å². The van der Waals surface area contributed by atoms with Gasteiger partial charge in [-0.2, -0.15) is 0 Å². The van der Waals surface area contributed by atoms with E-state index in [0.29, 0.717) is 12.1 Å². The van der Waals surface area contributed by atoms with Crippen molar-refractivity contribution in [2.24, 2.45) is 11.5 Å². The van der Waals surface area contributed by atoms with Crippen LogP contribution in [0.2, 0.25) is 0 Å². The van der Waals surface area contributed by atoms with Gasteiger partial charge in [0.15, 0.2) is 0 Å². The number of methoxy groups -OCH3 is 1. The Kier molecular flexibility index (Phi) is 5.41. The Morgan fingerprint density at radius 3 is 2.78 bits per heavy atom. The molecular formula is C17H27N3O3. The number of ether oxygens (including phenoxy) is 1. The minimum Gasteiger partial charge on any atom is -0.395 e. The lowest BCUT2D eigenvalue weighted by Gasteiger charge is -2.45. The number of primary amides is 1. The van der Waals surface area contributed by atoms with Crippen molar-refractivity contribution in [1.29, 1.82) is 0 Å². The van der Waals surface area contributed by atoms with E-state index in [1.165, 1.54) is 0 Å². The summed E-state index contributed by atoms with van der Waals surface area (Å²) in [6.45, 7) is 4.66. The minimum absolute atomic E-state index is 0.0113. The van der Waals surface area contributed by atoms with Crippen LogP contribution in [0, 0.1) is 0 Å². The summed E-state index contributed by atoms with van der Waals surface area (Å²) in [5.74, 6) is -0.427. The fourth-order valence-corrected chi connectivity index (χ4v) is 3.42. The monoisotopic (exact) mass is 321 g/mol. The van der Waals surface area contributed by atoms with Gasteiger partial charge < -0.3 is 26.6 Å². The predicted molar refractivity (Wildman–Crippen MR) is 89.3 cm³/mol. The molecule has 0 heterocycles. The number of nitrogens with two attached hydrogens (primary N) is 2. The van der Waals surface area contributed by atoms with Crippen molar-refractivity contribution in [2.75, 3.05) is 20.3 Å². The van der Waals surface area contributed by atoms with Crippen LogP contribution in [-0.2, 0) is 16.6 Å². The lowest BCUT2D eigenvalue weighted by atomic mass is 9.67. The van der Waals surface area contributed by atoms with Crippen LogP contribution in [0.1, 0.15) is 35.3 Å². The van der Waals surface area contributed by atoms with Gasteiger partial charge in [0.25, 0.3) is 0 Å². The molecule has 0 aromatic heterocycles. The predicted octanol–water partition coefficient (Wildman–Crippen LogP) is -0.0880. The van der Waals surface area contributed by atoms with Gasteiger partial charge in [0.05, 0.1) is 12.7 Å². The Labute approximate surface area is 137 Å². The molecule has 6 heteroatoms. The summed E-state index contributed by atoms with van der Waals surface area (Å²) >= 11 is 0. The summed E-state index contributed by atoms with van der Waals surface area (Å²) in [5.41, 5.74) is 13.7. The van der Waals surface area contributed by atoms with Gasteiger partial charge in [-0.3, -0.25) is 4.79 Å². The molecule has 0 saturated carbocycles. The standard InChI is InChI=1S/C17H27N3O3/c1-17(2)13-6-11(16(19)22)5-4-10(13)7-14(23-3)15(17)20-8-12(18)9-21/h4-6,12,14-15,20-21H,7-9,18H2,1-3H3,(H2,19,22)/t12-,14+,15-/m1/s1. The molecule has 1 aromatic carbocycles. The second-order valence-corrected chi connectivity index (χ2v) is 6.76.